The zero-order chi connectivity index (χ0) is 11.7. The van der Waals surface area contributed by atoms with Gasteiger partial charge in [-0.1, -0.05) is 41.9 Å². The van der Waals surface area contributed by atoms with Crippen molar-refractivity contribution in [3.05, 3.63) is 65.6 Å². The molecule has 0 saturated carbocycles. The molecule has 0 saturated heterocycles. The highest BCUT2D eigenvalue weighted by atomic mass is 35.5. The lowest BCUT2D eigenvalue weighted by Gasteiger charge is -2.06. The van der Waals surface area contributed by atoms with Crippen molar-refractivity contribution in [2.45, 2.75) is 6.54 Å². The summed E-state index contributed by atoms with van der Waals surface area (Å²) in [6.07, 6.45) is 3.78. The first kappa shape index (κ1) is 10.4. The summed E-state index contributed by atoms with van der Waals surface area (Å²) in [5.74, 6) is 0. The van der Waals surface area contributed by atoms with Crippen LogP contribution in [0.15, 0.2) is 54.9 Å². The maximum Gasteiger partial charge on any atom is 0.153 e. The normalized spacial score (nSPS) is 10.9. The Morgan fingerprint density at radius 1 is 1.06 bits per heavy atom. The summed E-state index contributed by atoms with van der Waals surface area (Å²) in [7, 11) is 0. The highest BCUT2D eigenvalue weighted by molar-refractivity contribution is 6.33. The van der Waals surface area contributed by atoms with E-state index in [1.54, 1.807) is 6.20 Å². The van der Waals surface area contributed by atoms with Crippen molar-refractivity contribution in [3.8, 4) is 0 Å². The summed E-state index contributed by atoms with van der Waals surface area (Å²) < 4.78 is 2.12. The predicted molar refractivity (Wildman–Crippen MR) is 70.3 cm³/mol. The van der Waals surface area contributed by atoms with E-state index in [2.05, 4.69) is 27.8 Å². The zero-order valence-corrected chi connectivity index (χ0v) is 9.93. The van der Waals surface area contributed by atoms with Gasteiger partial charge in [-0.2, -0.15) is 0 Å². The second-order valence-corrected chi connectivity index (χ2v) is 4.33. The van der Waals surface area contributed by atoms with Crippen molar-refractivity contribution in [2.24, 2.45) is 0 Å². The third-order valence-electron chi connectivity index (χ3n) is 2.83. The third kappa shape index (κ3) is 1.92. The van der Waals surface area contributed by atoms with Crippen LogP contribution in [0.3, 0.4) is 0 Å². The van der Waals surface area contributed by atoms with Gasteiger partial charge in [-0.05, 0) is 17.7 Å². The van der Waals surface area contributed by atoms with Crippen LogP contribution in [0.4, 0.5) is 0 Å². The molecule has 0 unspecified atom stereocenters. The van der Waals surface area contributed by atoms with Gasteiger partial charge in [0.05, 0.1) is 5.52 Å². The van der Waals surface area contributed by atoms with Gasteiger partial charge in [-0.3, -0.25) is 0 Å². The quantitative estimate of drug-likeness (QED) is 0.626. The molecule has 0 aliphatic heterocycles. The average molecular weight is 243 g/mol. The number of fused-ring (bicyclic) bond motifs is 1. The van der Waals surface area contributed by atoms with E-state index in [4.69, 9.17) is 11.6 Å². The van der Waals surface area contributed by atoms with E-state index in [0.717, 1.165) is 17.4 Å². The van der Waals surface area contributed by atoms with Gasteiger partial charge in [-0.15, -0.1) is 0 Å². The smallest absolute Gasteiger partial charge is 0.153 e. The first-order chi connectivity index (χ1) is 8.34. The summed E-state index contributed by atoms with van der Waals surface area (Å²) in [6.45, 7) is 0.815. The van der Waals surface area contributed by atoms with Gasteiger partial charge in [0.1, 0.15) is 0 Å². The number of rotatable bonds is 2. The zero-order valence-electron chi connectivity index (χ0n) is 9.18. The van der Waals surface area contributed by atoms with Gasteiger partial charge in [-0.25, -0.2) is 4.98 Å². The van der Waals surface area contributed by atoms with Crippen LogP contribution in [0.25, 0.3) is 10.9 Å². The van der Waals surface area contributed by atoms with Crippen molar-refractivity contribution < 1.29 is 0 Å². The number of halogens is 1. The van der Waals surface area contributed by atoms with Crippen LogP contribution in [-0.4, -0.2) is 9.55 Å². The van der Waals surface area contributed by atoms with Gasteiger partial charge in [0.15, 0.2) is 5.15 Å². The first-order valence-corrected chi connectivity index (χ1v) is 5.86. The number of pyridine rings is 1. The van der Waals surface area contributed by atoms with Crippen molar-refractivity contribution in [1.82, 2.24) is 9.55 Å². The molecule has 3 rings (SSSR count). The largest absolute Gasteiger partial charge is 0.341 e. The standard InChI is InChI=1S/C14H11ClN2/c15-14-13-12(6-8-16-14)7-9-17(13)10-11-4-2-1-3-5-11/h1-9H,10H2. The van der Waals surface area contributed by atoms with E-state index in [0.29, 0.717) is 5.15 Å². The molecule has 0 N–H and O–H groups in total. The van der Waals surface area contributed by atoms with Gasteiger partial charge in [0.2, 0.25) is 0 Å². The molecule has 2 aromatic heterocycles. The summed E-state index contributed by atoms with van der Waals surface area (Å²) in [5.41, 5.74) is 2.25. The van der Waals surface area contributed by atoms with E-state index >= 15 is 0 Å². The van der Waals surface area contributed by atoms with Gasteiger partial charge >= 0.3 is 0 Å². The fourth-order valence-electron chi connectivity index (χ4n) is 2.02. The van der Waals surface area contributed by atoms with Gasteiger partial charge in [0.25, 0.3) is 0 Å². The number of hydrogen-bond acceptors (Lipinski definition) is 1. The first-order valence-electron chi connectivity index (χ1n) is 5.48. The average Bonchev–Trinajstić information content (AvgIpc) is 2.75. The minimum atomic E-state index is 0.559. The molecule has 0 amide bonds. The molecular formula is C14H11ClN2. The second kappa shape index (κ2) is 4.22. The Kier molecular flexibility index (Phi) is 2.57. The van der Waals surface area contributed by atoms with Crippen LogP contribution in [-0.2, 0) is 6.54 Å². The molecule has 0 spiro atoms. The minimum Gasteiger partial charge on any atom is -0.341 e. The Balaban J connectivity index is 2.07. The van der Waals surface area contributed by atoms with E-state index in [9.17, 15) is 0 Å². The van der Waals surface area contributed by atoms with Crippen molar-refractivity contribution in [1.29, 1.82) is 0 Å². The molecule has 3 aromatic rings. The molecule has 17 heavy (non-hydrogen) atoms. The highest BCUT2D eigenvalue weighted by Gasteiger charge is 2.05. The molecule has 0 fully saturated rings. The lowest BCUT2D eigenvalue weighted by molar-refractivity contribution is 0.835. The number of aromatic nitrogens is 2. The Hall–Kier alpha value is -1.80. The molecule has 1 aromatic carbocycles. The molecule has 0 radical (unpaired) electrons. The molecule has 0 aliphatic rings. The maximum absolute atomic E-state index is 6.14. The third-order valence-corrected chi connectivity index (χ3v) is 3.10. The van der Waals surface area contributed by atoms with Crippen LogP contribution in [0.2, 0.25) is 5.15 Å². The van der Waals surface area contributed by atoms with Crippen molar-refractivity contribution in [3.63, 3.8) is 0 Å². The Bertz CT molecular complexity index is 644. The fourth-order valence-corrected chi connectivity index (χ4v) is 2.29. The topological polar surface area (TPSA) is 17.8 Å². The van der Waals surface area contributed by atoms with Gasteiger partial charge < -0.3 is 4.57 Å². The van der Waals surface area contributed by atoms with Crippen LogP contribution in [0.5, 0.6) is 0 Å². The van der Waals surface area contributed by atoms with Crippen LogP contribution >= 0.6 is 11.6 Å². The number of hydrogen-bond donors (Lipinski definition) is 0. The molecule has 3 heteroatoms. The minimum absolute atomic E-state index is 0.559. The van der Waals surface area contributed by atoms with E-state index in [1.165, 1.54) is 5.56 Å². The molecule has 0 bridgehead atoms. The maximum atomic E-state index is 6.14. The molecule has 2 nitrogen and oxygen atoms in total. The number of nitrogens with zero attached hydrogens (tertiary/aromatic N) is 2. The summed E-state index contributed by atoms with van der Waals surface area (Å²) in [6, 6.07) is 14.4. The van der Waals surface area contributed by atoms with E-state index in [-0.39, 0.29) is 0 Å². The van der Waals surface area contributed by atoms with Crippen LogP contribution in [0, 0.1) is 0 Å². The lowest BCUT2D eigenvalue weighted by atomic mass is 10.2. The second-order valence-electron chi connectivity index (χ2n) is 3.97. The highest BCUT2D eigenvalue weighted by Crippen LogP contribution is 2.22. The number of benzene rings is 1. The van der Waals surface area contributed by atoms with Crippen LogP contribution in [0.1, 0.15) is 5.56 Å². The Morgan fingerprint density at radius 2 is 1.88 bits per heavy atom. The predicted octanol–water partition coefficient (Wildman–Crippen LogP) is 3.74. The van der Waals surface area contributed by atoms with E-state index in [1.807, 2.05) is 30.5 Å². The molecular weight excluding hydrogens is 232 g/mol. The molecule has 0 atom stereocenters. The lowest BCUT2D eigenvalue weighted by Crippen LogP contribution is -1.98. The molecule has 2 heterocycles. The van der Waals surface area contributed by atoms with Crippen molar-refractivity contribution >= 4 is 22.5 Å². The molecule has 84 valence electrons. The monoisotopic (exact) mass is 242 g/mol. The van der Waals surface area contributed by atoms with Crippen LogP contribution < -0.4 is 0 Å². The molecule has 0 aliphatic carbocycles. The Labute approximate surface area is 104 Å². The van der Waals surface area contributed by atoms with Crippen molar-refractivity contribution in [2.75, 3.05) is 0 Å². The SMILES string of the molecule is Clc1nccc2ccn(Cc3ccccc3)c12. The summed E-state index contributed by atoms with van der Waals surface area (Å²) in [5, 5.41) is 1.68. The van der Waals surface area contributed by atoms with Gasteiger partial charge in [0, 0.05) is 24.3 Å². The fraction of sp³-hybridized carbons (Fsp3) is 0.0714. The Morgan fingerprint density at radius 3 is 2.71 bits per heavy atom. The summed E-state index contributed by atoms with van der Waals surface area (Å²) in [4.78, 5) is 4.13. The van der Waals surface area contributed by atoms with E-state index < -0.39 is 0 Å². The summed E-state index contributed by atoms with van der Waals surface area (Å²) >= 11 is 6.14.